The Bertz CT molecular complexity index is 515. The molecule has 0 unspecified atom stereocenters. The van der Waals surface area contributed by atoms with Crippen LogP contribution in [0.1, 0.15) is 19.4 Å². The predicted molar refractivity (Wildman–Crippen MR) is 73.9 cm³/mol. The minimum absolute atomic E-state index is 0.565. The lowest BCUT2D eigenvalue weighted by atomic mass is 10.0. The molecule has 2 rings (SSSR count). The van der Waals surface area contributed by atoms with E-state index in [-0.39, 0.29) is 0 Å². The highest BCUT2D eigenvalue weighted by atomic mass is 16.7. The molecule has 0 fully saturated rings. The zero-order valence-corrected chi connectivity index (χ0v) is 10.8. The smallest absolute Gasteiger partial charge is 0.0853 e. The molecule has 1 aliphatic rings. The quantitative estimate of drug-likeness (QED) is 0.885. The van der Waals surface area contributed by atoms with E-state index in [2.05, 4.69) is 6.58 Å². The van der Waals surface area contributed by atoms with Crippen LogP contribution in [0.2, 0.25) is 0 Å². The molecule has 0 spiro atoms. The number of nitrogens with two attached hydrogens (primary N) is 1. The Balaban J connectivity index is 2.52. The summed E-state index contributed by atoms with van der Waals surface area (Å²) in [6.45, 7) is 8.51. The third-order valence-electron chi connectivity index (χ3n) is 2.83. The summed E-state index contributed by atoms with van der Waals surface area (Å²) >= 11 is 0. The summed E-state index contributed by atoms with van der Waals surface area (Å²) in [5.74, 6) is 0. The second-order valence-electron chi connectivity index (χ2n) is 4.16. The lowest BCUT2D eigenvalue weighted by Gasteiger charge is -2.32. The second-order valence-corrected chi connectivity index (χ2v) is 4.16. The van der Waals surface area contributed by atoms with Gasteiger partial charge in [-0.15, -0.1) is 0 Å². The normalized spacial score (nSPS) is 16.0. The number of hydrogen-bond donors (Lipinski definition) is 1. The van der Waals surface area contributed by atoms with Crippen LogP contribution in [0.5, 0.6) is 0 Å². The Morgan fingerprint density at radius 3 is 2.56 bits per heavy atom. The molecule has 18 heavy (non-hydrogen) atoms. The monoisotopic (exact) mass is 242 g/mol. The molecular formula is C15H18N2O. The third kappa shape index (κ3) is 2.17. The van der Waals surface area contributed by atoms with Gasteiger partial charge in [-0.25, -0.2) is 5.06 Å². The molecular weight excluding hydrogens is 224 g/mol. The van der Waals surface area contributed by atoms with Crippen LogP contribution in [0.15, 0.2) is 60.0 Å². The number of hydrogen-bond acceptors (Lipinski definition) is 3. The zero-order chi connectivity index (χ0) is 13.1. The van der Waals surface area contributed by atoms with Crippen LogP contribution in [0.3, 0.4) is 0 Å². The summed E-state index contributed by atoms with van der Waals surface area (Å²) in [6.07, 6.45) is 1.93. The molecule has 0 aromatic heterocycles. The minimum Gasteiger partial charge on any atom is -0.397 e. The van der Waals surface area contributed by atoms with Crippen molar-refractivity contribution in [3.8, 4) is 0 Å². The lowest BCUT2D eigenvalue weighted by molar-refractivity contribution is -0.0741. The maximum atomic E-state index is 5.94. The molecule has 0 atom stereocenters. The maximum Gasteiger partial charge on any atom is 0.0853 e. The molecule has 94 valence electrons. The Morgan fingerprint density at radius 1 is 1.28 bits per heavy atom. The van der Waals surface area contributed by atoms with Crippen LogP contribution in [0.25, 0.3) is 5.70 Å². The van der Waals surface area contributed by atoms with E-state index >= 15 is 0 Å². The average Bonchev–Trinajstić information content (AvgIpc) is 2.37. The fraction of sp³-hybridized carbons (Fsp3) is 0.200. The van der Waals surface area contributed by atoms with Crippen molar-refractivity contribution in [1.82, 2.24) is 5.06 Å². The number of rotatable bonds is 3. The van der Waals surface area contributed by atoms with Crippen molar-refractivity contribution in [1.29, 1.82) is 0 Å². The highest BCUT2D eigenvalue weighted by Gasteiger charge is 2.23. The molecule has 2 N–H and O–H groups in total. The highest BCUT2D eigenvalue weighted by Crippen LogP contribution is 2.33. The van der Waals surface area contributed by atoms with Crippen LogP contribution in [-0.2, 0) is 4.84 Å². The van der Waals surface area contributed by atoms with Gasteiger partial charge in [0.25, 0.3) is 0 Å². The van der Waals surface area contributed by atoms with Gasteiger partial charge in [-0.1, -0.05) is 36.9 Å². The zero-order valence-electron chi connectivity index (χ0n) is 10.8. The largest absolute Gasteiger partial charge is 0.397 e. The molecule has 0 radical (unpaired) electrons. The van der Waals surface area contributed by atoms with Crippen LogP contribution in [0.4, 0.5) is 0 Å². The van der Waals surface area contributed by atoms with E-state index in [0.717, 1.165) is 16.8 Å². The van der Waals surface area contributed by atoms with Gasteiger partial charge in [0.15, 0.2) is 0 Å². The molecule has 0 amide bonds. The van der Waals surface area contributed by atoms with Crippen LogP contribution in [-0.4, -0.2) is 11.7 Å². The summed E-state index contributed by atoms with van der Waals surface area (Å²) in [5.41, 5.74) is 10.4. The lowest BCUT2D eigenvalue weighted by Crippen LogP contribution is -2.28. The first-order chi connectivity index (χ1) is 8.65. The van der Waals surface area contributed by atoms with Gasteiger partial charge in [-0.05, 0) is 25.5 Å². The Kier molecular flexibility index (Phi) is 3.53. The molecule has 0 saturated heterocycles. The fourth-order valence-corrected chi connectivity index (χ4v) is 2.01. The molecule has 1 aromatic rings. The van der Waals surface area contributed by atoms with E-state index in [1.807, 2.05) is 50.3 Å². The standard InChI is InChI=1S/C15H18N2O/c1-4-18-17-12(3)14(16)10-11(2)15(17)13-8-6-5-7-9-13/h5-10H,3-4,16H2,1-2H3. The van der Waals surface area contributed by atoms with Gasteiger partial charge in [-0.3, -0.25) is 4.84 Å². The maximum absolute atomic E-state index is 5.94. The van der Waals surface area contributed by atoms with Crippen molar-refractivity contribution in [2.24, 2.45) is 5.73 Å². The molecule has 3 heteroatoms. The molecule has 0 bridgehead atoms. The van der Waals surface area contributed by atoms with E-state index < -0.39 is 0 Å². The summed E-state index contributed by atoms with van der Waals surface area (Å²) in [5, 5.41) is 1.72. The van der Waals surface area contributed by atoms with Gasteiger partial charge in [0.05, 0.1) is 23.7 Å². The number of hydroxylamine groups is 2. The van der Waals surface area contributed by atoms with Gasteiger partial charge >= 0.3 is 0 Å². The first-order valence-corrected chi connectivity index (χ1v) is 6.01. The van der Waals surface area contributed by atoms with Crippen LogP contribution < -0.4 is 5.73 Å². The number of allylic oxidation sites excluding steroid dienone is 2. The molecule has 1 aliphatic heterocycles. The summed E-state index contributed by atoms with van der Waals surface area (Å²) in [4.78, 5) is 5.66. The van der Waals surface area contributed by atoms with Crippen molar-refractivity contribution in [3.05, 3.63) is 65.5 Å². The van der Waals surface area contributed by atoms with Crippen molar-refractivity contribution in [2.75, 3.05) is 6.61 Å². The fourth-order valence-electron chi connectivity index (χ4n) is 2.01. The van der Waals surface area contributed by atoms with Gasteiger partial charge < -0.3 is 5.73 Å². The predicted octanol–water partition coefficient (Wildman–Crippen LogP) is 3.04. The topological polar surface area (TPSA) is 38.5 Å². The van der Waals surface area contributed by atoms with E-state index in [1.165, 1.54) is 0 Å². The van der Waals surface area contributed by atoms with Crippen LogP contribution in [0, 0.1) is 0 Å². The Labute approximate surface area is 108 Å². The molecule has 0 aliphatic carbocycles. The van der Waals surface area contributed by atoms with Crippen molar-refractivity contribution in [2.45, 2.75) is 13.8 Å². The van der Waals surface area contributed by atoms with E-state index in [0.29, 0.717) is 18.0 Å². The van der Waals surface area contributed by atoms with Gasteiger partial charge in [-0.2, -0.15) is 0 Å². The van der Waals surface area contributed by atoms with E-state index in [4.69, 9.17) is 10.6 Å². The molecule has 1 aromatic carbocycles. The van der Waals surface area contributed by atoms with Crippen molar-refractivity contribution < 1.29 is 4.84 Å². The highest BCUT2D eigenvalue weighted by molar-refractivity contribution is 5.72. The molecule has 0 saturated carbocycles. The van der Waals surface area contributed by atoms with E-state index in [1.54, 1.807) is 5.06 Å². The number of benzene rings is 1. The molecule has 1 heterocycles. The molecule has 3 nitrogen and oxygen atoms in total. The SMILES string of the molecule is C=C1C(N)=CC(C)=C(c2ccccc2)N1OCC. The summed E-state index contributed by atoms with van der Waals surface area (Å²) < 4.78 is 0. The van der Waals surface area contributed by atoms with Gasteiger partial charge in [0, 0.05) is 5.56 Å². The van der Waals surface area contributed by atoms with Crippen LogP contribution >= 0.6 is 0 Å². The van der Waals surface area contributed by atoms with Gasteiger partial charge in [0.2, 0.25) is 0 Å². The van der Waals surface area contributed by atoms with Crippen molar-refractivity contribution in [3.63, 3.8) is 0 Å². The Morgan fingerprint density at radius 2 is 1.94 bits per heavy atom. The van der Waals surface area contributed by atoms with E-state index in [9.17, 15) is 0 Å². The average molecular weight is 242 g/mol. The third-order valence-corrected chi connectivity index (χ3v) is 2.83. The summed E-state index contributed by atoms with van der Waals surface area (Å²) in [7, 11) is 0. The second kappa shape index (κ2) is 5.10. The van der Waals surface area contributed by atoms with Gasteiger partial charge in [0.1, 0.15) is 0 Å². The minimum atomic E-state index is 0.565. The number of nitrogens with zero attached hydrogens (tertiary/aromatic N) is 1. The first-order valence-electron chi connectivity index (χ1n) is 6.01. The Hall–Kier alpha value is -2.00. The first kappa shape index (κ1) is 12.5. The summed E-state index contributed by atoms with van der Waals surface area (Å²) in [6, 6.07) is 10.1. The van der Waals surface area contributed by atoms with Crippen molar-refractivity contribution >= 4 is 5.70 Å².